The summed E-state index contributed by atoms with van der Waals surface area (Å²) in [6.45, 7) is 6.35. The van der Waals surface area contributed by atoms with Crippen LogP contribution >= 0.6 is 11.6 Å². The van der Waals surface area contributed by atoms with Crippen molar-refractivity contribution in [3.63, 3.8) is 0 Å². The Morgan fingerprint density at radius 2 is 1.97 bits per heavy atom. The smallest absolute Gasteiger partial charge is 0.151 e. The van der Waals surface area contributed by atoms with Crippen molar-refractivity contribution in [3.8, 4) is 23.6 Å². The molecular weight excluding hydrogens is 503 g/mol. The first kappa shape index (κ1) is 28.5. The van der Waals surface area contributed by atoms with Crippen LogP contribution in [0.2, 0.25) is 5.02 Å². The molecule has 2 aliphatic rings. The van der Waals surface area contributed by atoms with Crippen molar-refractivity contribution in [3.05, 3.63) is 29.3 Å². The summed E-state index contributed by atoms with van der Waals surface area (Å²) < 4.78 is 16.9. The fourth-order valence-electron chi connectivity index (χ4n) is 6.21. The molecule has 0 spiro atoms. The molecule has 0 bridgehead atoms. The summed E-state index contributed by atoms with van der Waals surface area (Å²) in [7, 11) is 0. The lowest BCUT2D eigenvalue weighted by Crippen LogP contribution is -2.55. The summed E-state index contributed by atoms with van der Waals surface area (Å²) in [5, 5.41) is 10.0. The number of aromatic nitrogens is 3. The second kappa shape index (κ2) is 12.1. The van der Waals surface area contributed by atoms with Crippen molar-refractivity contribution in [2.24, 2.45) is 17.8 Å². The van der Waals surface area contributed by atoms with Gasteiger partial charge in [0.2, 0.25) is 0 Å². The van der Waals surface area contributed by atoms with Crippen molar-refractivity contribution < 1.29 is 9.60 Å². The number of terminal acetylenes is 1. The predicted molar refractivity (Wildman–Crippen MR) is 151 cm³/mol. The first-order valence-electron chi connectivity index (χ1n) is 13.8. The van der Waals surface area contributed by atoms with Gasteiger partial charge in [0.25, 0.3) is 0 Å². The van der Waals surface area contributed by atoms with Gasteiger partial charge in [-0.15, -0.1) is 12.3 Å². The van der Waals surface area contributed by atoms with E-state index in [1.165, 1.54) is 0 Å². The lowest BCUT2D eigenvalue weighted by molar-refractivity contribution is 0.0230. The highest BCUT2D eigenvalue weighted by Gasteiger charge is 2.47. The van der Waals surface area contributed by atoms with Crippen molar-refractivity contribution in [1.29, 1.82) is 0 Å². The average molecular weight is 543 g/mol. The molecule has 206 valence electrons. The van der Waals surface area contributed by atoms with Crippen molar-refractivity contribution in [2.45, 2.75) is 89.9 Å². The third kappa shape index (κ3) is 5.90. The van der Waals surface area contributed by atoms with E-state index in [1.807, 2.05) is 13.8 Å². The van der Waals surface area contributed by atoms with Crippen LogP contribution in [0.25, 0.3) is 11.3 Å². The summed E-state index contributed by atoms with van der Waals surface area (Å²) in [5.74, 6) is 4.03. The van der Waals surface area contributed by atoms with Gasteiger partial charge in [-0.25, -0.2) is 14.4 Å². The number of hydrogen-bond acceptors (Lipinski definition) is 7. The second-order valence-electron chi connectivity index (χ2n) is 11.2. The molecule has 2 aliphatic carbocycles. The van der Waals surface area contributed by atoms with Crippen LogP contribution in [0, 0.1) is 30.1 Å². The van der Waals surface area contributed by atoms with Gasteiger partial charge in [0.1, 0.15) is 17.1 Å². The van der Waals surface area contributed by atoms with Gasteiger partial charge in [-0.1, -0.05) is 31.4 Å². The zero-order valence-electron chi connectivity index (χ0n) is 22.6. The Morgan fingerprint density at radius 3 is 2.61 bits per heavy atom. The number of nitrogens with zero attached hydrogens (tertiary/aromatic N) is 4. The van der Waals surface area contributed by atoms with E-state index < -0.39 is 17.8 Å². The Hall–Kier alpha value is -2.47. The number of hydrogen-bond donors (Lipinski definition) is 3. The number of pyridine rings is 1. The molecular formula is C29H40ClFN6O. The molecule has 0 aliphatic heterocycles. The average Bonchev–Trinajstić information content (AvgIpc) is 2.92. The van der Waals surface area contributed by atoms with Crippen LogP contribution < -0.4 is 16.1 Å². The lowest BCUT2D eigenvalue weighted by atomic mass is 9.73. The van der Waals surface area contributed by atoms with E-state index in [0.29, 0.717) is 52.6 Å². The predicted octanol–water partition coefficient (Wildman–Crippen LogP) is 6.37. The maximum absolute atomic E-state index is 16.9. The first-order chi connectivity index (χ1) is 18.2. The van der Waals surface area contributed by atoms with Crippen LogP contribution in [0.3, 0.4) is 0 Å². The topological polar surface area (TPSA) is 100 Å². The maximum atomic E-state index is 16.9. The van der Waals surface area contributed by atoms with Gasteiger partial charge in [-0.05, 0) is 70.3 Å². The SMILES string of the molecule is C#CC1CCC(CN(c2c(N)nc(C(C)NO)nc2-c2cncc(Cl)c2)C(C)C2(F)CCCCC2C)CC1. The zero-order valence-corrected chi connectivity index (χ0v) is 23.4. The summed E-state index contributed by atoms with van der Waals surface area (Å²) in [6.07, 6.45) is 16.1. The van der Waals surface area contributed by atoms with E-state index in [1.54, 1.807) is 25.4 Å². The molecule has 2 saturated carbocycles. The third-order valence-electron chi connectivity index (χ3n) is 8.74. The summed E-state index contributed by atoms with van der Waals surface area (Å²) in [5.41, 5.74) is 9.27. The molecule has 7 nitrogen and oxygen atoms in total. The molecule has 9 heteroatoms. The largest absolute Gasteiger partial charge is 0.382 e. The van der Waals surface area contributed by atoms with Crippen LogP contribution in [0.4, 0.5) is 15.9 Å². The number of nitrogen functional groups attached to an aromatic ring is 1. The van der Waals surface area contributed by atoms with Crippen LogP contribution in [-0.4, -0.2) is 38.4 Å². The van der Waals surface area contributed by atoms with E-state index in [0.717, 1.165) is 44.9 Å². The molecule has 2 fully saturated rings. The van der Waals surface area contributed by atoms with Crippen molar-refractivity contribution in [1.82, 2.24) is 20.4 Å². The zero-order chi connectivity index (χ0) is 27.4. The monoisotopic (exact) mass is 542 g/mol. The molecule has 2 heterocycles. The van der Waals surface area contributed by atoms with Crippen LogP contribution in [-0.2, 0) is 0 Å². The molecule has 2 aromatic rings. The molecule has 0 aromatic carbocycles. The molecule has 0 saturated heterocycles. The van der Waals surface area contributed by atoms with E-state index in [4.69, 9.17) is 28.7 Å². The lowest BCUT2D eigenvalue weighted by Gasteiger charge is -2.47. The van der Waals surface area contributed by atoms with Crippen LogP contribution in [0.15, 0.2) is 18.5 Å². The molecule has 4 atom stereocenters. The fraction of sp³-hybridized carbons (Fsp3) is 0.621. The maximum Gasteiger partial charge on any atom is 0.151 e. The molecule has 2 aromatic heterocycles. The van der Waals surface area contributed by atoms with E-state index in [-0.39, 0.29) is 11.7 Å². The van der Waals surface area contributed by atoms with Crippen LogP contribution in [0.1, 0.15) is 84.0 Å². The summed E-state index contributed by atoms with van der Waals surface area (Å²) >= 11 is 6.33. The summed E-state index contributed by atoms with van der Waals surface area (Å²) in [4.78, 5) is 15.8. The molecule has 4 rings (SSSR count). The Kier molecular flexibility index (Phi) is 9.12. The van der Waals surface area contributed by atoms with Crippen molar-refractivity contribution in [2.75, 3.05) is 17.2 Å². The number of anilines is 2. The highest BCUT2D eigenvalue weighted by Crippen LogP contribution is 2.46. The van der Waals surface area contributed by atoms with E-state index in [2.05, 4.69) is 26.3 Å². The van der Waals surface area contributed by atoms with E-state index >= 15 is 4.39 Å². The Morgan fingerprint density at radius 1 is 1.24 bits per heavy atom. The van der Waals surface area contributed by atoms with E-state index in [9.17, 15) is 5.21 Å². The standard InChI is InChI=1S/C29H40ClFN6O/c1-5-21-9-11-22(12-10-21)17-37(20(4)29(31)13-7-6-8-18(29)2)26-25(23-14-24(30)16-33-15-23)34-28(19(3)36-38)35-27(26)32/h1,14-16,18-22,36,38H,6-13,17H2,2-4H3,(H2,32,34,35). The van der Waals surface area contributed by atoms with Gasteiger partial charge in [-0.2, -0.15) is 5.48 Å². The number of alkyl halides is 1. The number of halogens is 2. The van der Waals surface area contributed by atoms with Gasteiger partial charge in [0.05, 0.1) is 17.1 Å². The second-order valence-corrected chi connectivity index (χ2v) is 11.6. The number of rotatable bonds is 8. The van der Waals surface area contributed by atoms with Gasteiger partial charge in [-0.3, -0.25) is 4.98 Å². The fourth-order valence-corrected chi connectivity index (χ4v) is 6.39. The molecule has 4 N–H and O–H groups in total. The Bertz CT molecular complexity index is 1150. The van der Waals surface area contributed by atoms with Gasteiger partial charge in [0.15, 0.2) is 11.6 Å². The van der Waals surface area contributed by atoms with Crippen molar-refractivity contribution >= 4 is 23.1 Å². The number of nitrogens with one attached hydrogen (secondary N) is 1. The van der Waals surface area contributed by atoms with Gasteiger partial charge < -0.3 is 15.8 Å². The molecule has 0 amide bonds. The first-order valence-corrected chi connectivity index (χ1v) is 14.1. The number of nitrogens with two attached hydrogens (primary N) is 1. The minimum Gasteiger partial charge on any atom is -0.382 e. The highest BCUT2D eigenvalue weighted by molar-refractivity contribution is 6.30. The van der Waals surface area contributed by atoms with Crippen LogP contribution in [0.5, 0.6) is 0 Å². The third-order valence-corrected chi connectivity index (χ3v) is 8.95. The number of hydroxylamine groups is 1. The summed E-state index contributed by atoms with van der Waals surface area (Å²) in [6, 6.07) is 0.753. The highest BCUT2D eigenvalue weighted by atomic mass is 35.5. The molecule has 4 unspecified atom stereocenters. The Labute approximate surface area is 230 Å². The minimum absolute atomic E-state index is 0.0813. The van der Waals surface area contributed by atoms with Gasteiger partial charge in [0, 0.05) is 30.4 Å². The molecule has 38 heavy (non-hydrogen) atoms. The molecule has 0 radical (unpaired) electrons. The Balaban J connectivity index is 1.85. The van der Waals surface area contributed by atoms with Gasteiger partial charge >= 0.3 is 0 Å². The normalized spacial score (nSPS) is 27.3. The quantitative estimate of drug-likeness (QED) is 0.263. The minimum atomic E-state index is -1.39.